The standard InChI is InChI=1S/C20H14Cl2FN5O3/c21-12-2-1-3-13(16(12)22)25-18(30)11-8-14(29)26-17-15(11)19(31)28-20(27-17)24-10-6-4-9(23)5-7-10/h1-7,11H,8H2,(H,25,30)(H3,24,26,27,28,29,31)/t11-/m1/s1. The molecule has 158 valence electrons. The predicted molar refractivity (Wildman–Crippen MR) is 116 cm³/mol. The van der Waals surface area contributed by atoms with Crippen molar-refractivity contribution in [3.05, 3.63) is 74.2 Å². The highest BCUT2D eigenvalue weighted by Gasteiger charge is 2.35. The molecule has 31 heavy (non-hydrogen) atoms. The molecule has 1 aliphatic rings. The maximum absolute atomic E-state index is 13.1. The predicted octanol–water partition coefficient (Wildman–Crippen LogP) is 4.02. The van der Waals surface area contributed by atoms with E-state index >= 15 is 0 Å². The minimum atomic E-state index is -1.09. The zero-order valence-electron chi connectivity index (χ0n) is 15.6. The average molecular weight is 462 g/mol. The van der Waals surface area contributed by atoms with Gasteiger partial charge in [-0.05, 0) is 36.4 Å². The topological polar surface area (TPSA) is 116 Å². The van der Waals surface area contributed by atoms with Crippen LogP contribution in [0.2, 0.25) is 10.0 Å². The molecule has 2 amide bonds. The second-order valence-corrected chi connectivity index (χ2v) is 7.49. The van der Waals surface area contributed by atoms with E-state index in [4.69, 9.17) is 23.2 Å². The maximum Gasteiger partial charge on any atom is 0.258 e. The number of anilines is 4. The van der Waals surface area contributed by atoms with Crippen LogP contribution in [-0.2, 0) is 9.59 Å². The molecule has 1 aromatic heterocycles. The Hall–Kier alpha value is -3.43. The lowest BCUT2D eigenvalue weighted by molar-refractivity contribution is -0.123. The third kappa shape index (κ3) is 4.37. The molecule has 2 aromatic carbocycles. The fourth-order valence-corrected chi connectivity index (χ4v) is 3.49. The van der Waals surface area contributed by atoms with E-state index in [1.165, 1.54) is 24.3 Å². The van der Waals surface area contributed by atoms with Crippen molar-refractivity contribution >= 4 is 58.2 Å². The highest BCUT2D eigenvalue weighted by atomic mass is 35.5. The Morgan fingerprint density at radius 1 is 1.13 bits per heavy atom. The van der Waals surface area contributed by atoms with Crippen LogP contribution in [0.15, 0.2) is 47.3 Å². The molecule has 0 spiro atoms. The van der Waals surface area contributed by atoms with Crippen molar-refractivity contribution < 1.29 is 14.0 Å². The molecular weight excluding hydrogens is 448 g/mol. The Kier molecular flexibility index (Phi) is 5.62. The van der Waals surface area contributed by atoms with Crippen molar-refractivity contribution in [2.24, 2.45) is 0 Å². The fourth-order valence-electron chi connectivity index (χ4n) is 3.14. The van der Waals surface area contributed by atoms with Crippen LogP contribution in [-0.4, -0.2) is 21.8 Å². The van der Waals surface area contributed by atoms with Gasteiger partial charge in [0.2, 0.25) is 17.8 Å². The normalized spacial score (nSPS) is 15.1. The third-order valence-electron chi connectivity index (χ3n) is 4.58. The highest BCUT2D eigenvalue weighted by molar-refractivity contribution is 6.44. The quantitative estimate of drug-likeness (QED) is 0.468. The van der Waals surface area contributed by atoms with Gasteiger partial charge in [-0.1, -0.05) is 29.3 Å². The van der Waals surface area contributed by atoms with Crippen LogP contribution in [0.3, 0.4) is 0 Å². The van der Waals surface area contributed by atoms with Crippen LogP contribution >= 0.6 is 23.2 Å². The Morgan fingerprint density at radius 2 is 1.87 bits per heavy atom. The van der Waals surface area contributed by atoms with E-state index in [1.807, 2.05) is 0 Å². The number of H-pyrrole nitrogens is 1. The Balaban J connectivity index is 1.65. The molecule has 8 nitrogen and oxygen atoms in total. The first kappa shape index (κ1) is 20.8. The van der Waals surface area contributed by atoms with Crippen LogP contribution in [0.5, 0.6) is 0 Å². The molecule has 2 heterocycles. The number of rotatable bonds is 4. The van der Waals surface area contributed by atoms with E-state index < -0.39 is 29.1 Å². The van der Waals surface area contributed by atoms with Crippen LogP contribution in [0.25, 0.3) is 0 Å². The third-order valence-corrected chi connectivity index (χ3v) is 5.40. The summed E-state index contributed by atoms with van der Waals surface area (Å²) in [5.74, 6) is -2.60. The van der Waals surface area contributed by atoms with Gasteiger partial charge in [0.15, 0.2) is 0 Å². The van der Waals surface area contributed by atoms with E-state index in [9.17, 15) is 18.8 Å². The van der Waals surface area contributed by atoms with Crippen molar-refractivity contribution in [2.75, 3.05) is 16.0 Å². The summed E-state index contributed by atoms with van der Waals surface area (Å²) < 4.78 is 13.1. The first-order valence-corrected chi connectivity index (χ1v) is 9.79. The van der Waals surface area contributed by atoms with Gasteiger partial charge >= 0.3 is 0 Å². The van der Waals surface area contributed by atoms with E-state index in [-0.39, 0.29) is 39.5 Å². The van der Waals surface area contributed by atoms with Crippen molar-refractivity contribution in [1.82, 2.24) is 9.97 Å². The summed E-state index contributed by atoms with van der Waals surface area (Å²) in [6.07, 6.45) is -0.244. The van der Waals surface area contributed by atoms with Crippen LogP contribution < -0.4 is 21.5 Å². The molecule has 0 saturated heterocycles. The lowest BCUT2D eigenvalue weighted by Crippen LogP contribution is -2.36. The molecule has 4 N–H and O–H groups in total. The number of fused-ring (bicyclic) bond motifs is 1. The summed E-state index contributed by atoms with van der Waals surface area (Å²) in [4.78, 5) is 44.5. The number of benzene rings is 2. The van der Waals surface area contributed by atoms with Gasteiger partial charge in [-0.3, -0.25) is 19.4 Å². The molecule has 0 radical (unpaired) electrons. The van der Waals surface area contributed by atoms with Crippen molar-refractivity contribution in [3.63, 3.8) is 0 Å². The lowest BCUT2D eigenvalue weighted by atomic mass is 9.92. The van der Waals surface area contributed by atoms with Crippen molar-refractivity contribution in [2.45, 2.75) is 12.3 Å². The molecule has 1 atom stereocenters. The minimum absolute atomic E-state index is 0.0138. The summed E-state index contributed by atoms with van der Waals surface area (Å²) in [5.41, 5.74) is 0.133. The molecule has 4 rings (SSSR count). The molecule has 0 bridgehead atoms. The molecule has 0 aliphatic carbocycles. The average Bonchev–Trinajstić information content (AvgIpc) is 2.72. The van der Waals surface area contributed by atoms with Gasteiger partial charge in [-0.25, -0.2) is 4.39 Å². The van der Waals surface area contributed by atoms with E-state index in [0.29, 0.717) is 5.69 Å². The SMILES string of the molecule is O=C1C[C@@H](C(=O)Nc2cccc(Cl)c2Cl)c2c(nc(Nc3ccc(F)cc3)[nH]c2=O)N1. The van der Waals surface area contributed by atoms with E-state index in [2.05, 4.69) is 25.9 Å². The zero-order valence-corrected chi connectivity index (χ0v) is 17.1. The minimum Gasteiger partial charge on any atom is -0.326 e. The molecule has 3 aromatic rings. The number of halogens is 3. The first-order valence-electron chi connectivity index (χ1n) is 9.03. The number of nitrogens with one attached hydrogen (secondary N) is 4. The second kappa shape index (κ2) is 8.37. The molecule has 1 aliphatic heterocycles. The Labute approximate surface area is 184 Å². The number of nitrogens with zero attached hydrogens (tertiary/aromatic N) is 1. The van der Waals surface area contributed by atoms with Gasteiger partial charge in [0.1, 0.15) is 11.6 Å². The summed E-state index contributed by atoms with van der Waals surface area (Å²) in [7, 11) is 0. The van der Waals surface area contributed by atoms with Gasteiger partial charge in [0.05, 0.1) is 27.2 Å². The van der Waals surface area contributed by atoms with Crippen molar-refractivity contribution in [1.29, 1.82) is 0 Å². The van der Waals surface area contributed by atoms with Gasteiger partial charge in [0, 0.05) is 12.1 Å². The fraction of sp³-hybridized carbons (Fsp3) is 0.100. The van der Waals surface area contributed by atoms with Crippen LogP contribution in [0.1, 0.15) is 17.9 Å². The van der Waals surface area contributed by atoms with E-state index in [0.717, 1.165) is 0 Å². The summed E-state index contributed by atoms with van der Waals surface area (Å²) in [6.45, 7) is 0. The number of aromatic amines is 1. The Bertz CT molecular complexity index is 1250. The summed E-state index contributed by atoms with van der Waals surface area (Å²) in [6, 6.07) is 10.1. The zero-order chi connectivity index (χ0) is 22.1. The number of hydrogen-bond donors (Lipinski definition) is 4. The van der Waals surface area contributed by atoms with Crippen molar-refractivity contribution in [3.8, 4) is 0 Å². The van der Waals surface area contributed by atoms with Gasteiger partial charge in [-0.15, -0.1) is 0 Å². The monoisotopic (exact) mass is 461 g/mol. The largest absolute Gasteiger partial charge is 0.326 e. The van der Waals surface area contributed by atoms with Gasteiger partial charge in [-0.2, -0.15) is 4.98 Å². The molecule has 0 saturated carbocycles. The molecular formula is C20H14Cl2FN5O3. The number of carbonyl (C=O) groups excluding carboxylic acids is 2. The highest BCUT2D eigenvalue weighted by Crippen LogP contribution is 2.33. The molecule has 0 unspecified atom stereocenters. The first-order chi connectivity index (χ1) is 14.8. The van der Waals surface area contributed by atoms with E-state index in [1.54, 1.807) is 18.2 Å². The Morgan fingerprint density at radius 3 is 2.61 bits per heavy atom. The number of hydrogen-bond acceptors (Lipinski definition) is 5. The maximum atomic E-state index is 13.1. The number of carbonyl (C=O) groups is 2. The lowest BCUT2D eigenvalue weighted by Gasteiger charge is -2.24. The summed E-state index contributed by atoms with van der Waals surface area (Å²) >= 11 is 12.1. The summed E-state index contributed by atoms with van der Waals surface area (Å²) in [5, 5.41) is 8.32. The molecule has 0 fully saturated rings. The molecule has 11 heteroatoms. The van der Waals surface area contributed by atoms with Gasteiger partial charge in [0.25, 0.3) is 5.56 Å². The van der Waals surface area contributed by atoms with Gasteiger partial charge < -0.3 is 16.0 Å². The number of aromatic nitrogens is 2. The number of amides is 2. The smallest absolute Gasteiger partial charge is 0.258 e. The van der Waals surface area contributed by atoms with Crippen LogP contribution in [0, 0.1) is 5.82 Å². The second-order valence-electron chi connectivity index (χ2n) is 6.70. The van der Waals surface area contributed by atoms with Crippen LogP contribution in [0.4, 0.5) is 27.5 Å².